The summed E-state index contributed by atoms with van der Waals surface area (Å²) < 4.78 is 68.8. The van der Waals surface area contributed by atoms with Crippen LogP contribution in [0.15, 0.2) is 0 Å². The Labute approximate surface area is 632 Å². The van der Waals surface area contributed by atoms with E-state index < -0.39 is 97.5 Å². The summed E-state index contributed by atoms with van der Waals surface area (Å²) in [5.74, 6) is 0.146. The zero-order valence-electron chi connectivity index (χ0n) is 67.8. The largest absolute Gasteiger partial charge is 0.472 e. The highest BCUT2D eigenvalue weighted by atomic mass is 31.2. The summed E-state index contributed by atoms with van der Waals surface area (Å²) in [6.07, 6.45) is 64.1. The average molecular weight is 1510 g/mol. The Kier molecular flexibility index (Phi) is 72.8. The molecule has 0 aromatic rings. The fraction of sp³-hybridized carbons (Fsp3) is 0.952. The Hall–Kier alpha value is -1.94. The van der Waals surface area contributed by atoms with Crippen LogP contribution in [0.1, 0.15) is 440 Å². The molecular weight excluding hydrogens is 1340 g/mol. The predicted octanol–water partition coefficient (Wildman–Crippen LogP) is 25.3. The lowest BCUT2D eigenvalue weighted by molar-refractivity contribution is -0.161. The molecule has 0 aliphatic carbocycles. The molecule has 0 aliphatic heterocycles. The maximum Gasteiger partial charge on any atom is 0.472 e. The van der Waals surface area contributed by atoms with E-state index in [2.05, 4.69) is 48.5 Å². The number of carbonyl (C=O) groups is 4. The van der Waals surface area contributed by atoms with E-state index in [0.717, 1.165) is 108 Å². The summed E-state index contributed by atoms with van der Waals surface area (Å²) in [6, 6.07) is 0. The molecule has 0 amide bonds. The molecule has 19 heteroatoms. The minimum Gasteiger partial charge on any atom is -0.462 e. The Bertz CT molecular complexity index is 1990. The molecule has 612 valence electrons. The van der Waals surface area contributed by atoms with Gasteiger partial charge >= 0.3 is 39.5 Å². The van der Waals surface area contributed by atoms with Crippen LogP contribution in [0.5, 0.6) is 0 Å². The number of phosphoric ester groups is 2. The molecule has 0 fully saturated rings. The van der Waals surface area contributed by atoms with Crippen molar-refractivity contribution in [1.82, 2.24) is 0 Å². The van der Waals surface area contributed by atoms with Crippen LogP contribution in [0.3, 0.4) is 0 Å². The molecule has 0 saturated heterocycles. The minimum absolute atomic E-state index is 0.106. The summed E-state index contributed by atoms with van der Waals surface area (Å²) in [5.41, 5.74) is 0. The highest BCUT2D eigenvalue weighted by Gasteiger charge is 2.30. The van der Waals surface area contributed by atoms with Crippen molar-refractivity contribution in [1.29, 1.82) is 0 Å². The maximum atomic E-state index is 13.1. The van der Waals surface area contributed by atoms with Gasteiger partial charge in [0.2, 0.25) is 0 Å². The van der Waals surface area contributed by atoms with E-state index in [0.29, 0.717) is 31.6 Å². The van der Waals surface area contributed by atoms with Crippen molar-refractivity contribution < 1.29 is 80.2 Å². The number of aliphatic hydroxyl groups excluding tert-OH is 1. The van der Waals surface area contributed by atoms with Gasteiger partial charge in [0.25, 0.3) is 0 Å². The number of phosphoric acid groups is 2. The van der Waals surface area contributed by atoms with E-state index in [1.54, 1.807) is 0 Å². The van der Waals surface area contributed by atoms with Crippen LogP contribution in [0.4, 0.5) is 0 Å². The van der Waals surface area contributed by atoms with Crippen molar-refractivity contribution in [2.24, 2.45) is 17.8 Å². The third-order valence-electron chi connectivity index (χ3n) is 19.6. The summed E-state index contributed by atoms with van der Waals surface area (Å²) in [7, 11) is -9.92. The van der Waals surface area contributed by atoms with Crippen LogP contribution >= 0.6 is 15.6 Å². The van der Waals surface area contributed by atoms with Crippen LogP contribution in [-0.2, 0) is 65.4 Å². The number of hydrogen-bond acceptors (Lipinski definition) is 15. The molecule has 0 radical (unpaired) electrons. The highest BCUT2D eigenvalue weighted by Crippen LogP contribution is 2.45. The number of unbranched alkanes of at least 4 members (excludes halogenated alkanes) is 50. The quantitative estimate of drug-likeness (QED) is 0.0222. The fourth-order valence-electron chi connectivity index (χ4n) is 13.0. The molecule has 17 nitrogen and oxygen atoms in total. The smallest absolute Gasteiger partial charge is 0.462 e. The Balaban J connectivity index is 5.20. The molecule has 0 aliphatic rings. The van der Waals surface area contributed by atoms with Gasteiger partial charge in [-0.05, 0) is 43.4 Å². The molecule has 2 unspecified atom stereocenters. The summed E-state index contributed by atoms with van der Waals surface area (Å²) in [4.78, 5) is 73.1. The molecule has 5 atom stereocenters. The normalized spacial score (nSPS) is 13.9. The van der Waals surface area contributed by atoms with Crippen molar-refractivity contribution in [3.63, 3.8) is 0 Å². The number of ether oxygens (including phenoxy) is 4. The first-order chi connectivity index (χ1) is 49.7. The summed E-state index contributed by atoms with van der Waals surface area (Å²) in [5, 5.41) is 10.7. The van der Waals surface area contributed by atoms with Gasteiger partial charge in [0, 0.05) is 25.7 Å². The third-order valence-corrected chi connectivity index (χ3v) is 21.5. The first-order valence-electron chi connectivity index (χ1n) is 43.3. The monoisotopic (exact) mass is 1510 g/mol. The average Bonchev–Trinajstić information content (AvgIpc) is 0.914. The highest BCUT2D eigenvalue weighted by molar-refractivity contribution is 7.47. The Morgan fingerprint density at radius 3 is 0.660 bits per heavy atom. The van der Waals surface area contributed by atoms with Crippen molar-refractivity contribution in [3.8, 4) is 0 Å². The predicted molar refractivity (Wildman–Crippen MR) is 423 cm³/mol. The molecule has 0 rings (SSSR count). The van der Waals surface area contributed by atoms with Gasteiger partial charge in [-0.2, -0.15) is 0 Å². The third kappa shape index (κ3) is 78.0. The van der Waals surface area contributed by atoms with Crippen LogP contribution in [-0.4, -0.2) is 96.7 Å². The van der Waals surface area contributed by atoms with Crippen LogP contribution in [0, 0.1) is 17.8 Å². The van der Waals surface area contributed by atoms with Gasteiger partial charge in [0.05, 0.1) is 26.4 Å². The molecule has 3 N–H and O–H groups in total. The lowest BCUT2D eigenvalue weighted by Gasteiger charge is -2.21. The number of esters is 4. The van der Waals surface area contributed by atoms with Gasteiger partial charge in [0.15, 0.2) is 12.2 Å². The van der Waals surface area contributed by atoms with Gasteiger partial charge in [-0.15, -0.1) is 0 Å². The van der Waals surface area contributed by atoms with Crippen molar-refractivity contribution >= 4 is 39.5 Å². The van der Waals surface area contributed by atoms with Gasteiger partial charge < -0.3 is 33.8 Å². The minimum atomic E-state index is -4.96. The standard InChI is InChI=1S/C84H164O17P2/c1-8-9-10-11-12-13-14-15-16-17-18-19-20-21-22-23-28-34-39-44-53-60-67-83(88)100-79(71-94-81(86)65-58-51-43-38-33-29-24-26-31-36-41-48-55-62-75(2)3)73-98-102(90,91)96-69-78(85)70-97-103(92,93)99-74-80(72-95-82(87)66-59-52-47-46-50-57-64-77(6)7)101-84(89)68-61-54-45-40-35-30-25-27-32-37-42-49-56-63-76(4)5/h75-80,85H,8-74H2,1-7H3,(H,90,91)(H,92,93)/t78-,79-,80-/m1/s1. The van der Waals surface area contributed by atoms with E-state index in [-0.39, 0.29) is 25.7 Å². The lowest BCUT2D eigenvalue weighted by Crippen LogP contribution is -2.30. The van der Waals surface area contributed by atoms with E-state index in [4.69, 9.17) is 37.0 Å². The van der Waals surface area contributed by atoms with E-state index in [1.807, 2.05) is 0 Å². The first kappa shape index (κ1) is 101. The van der Waals surface area contributed by atoms with E-state index >= 15 is 0 Å². The summed E-state index contributed by atoms with van der Waals surface area (Å²) >= 11 is 0. The van der Waals surface area contributed by atoms with E-state index in [9.17, 15) is 43.2 Å². The van der Waals surface area contributed by atoms with Crippen LogP contribution in [0.25, 0.3) is 0 Å². The molecule has 0 saturated carbocycles. The zero-order valence-corrected chi connectivity index (χ0v) is 69.6. The lowest BCUT2D eigenvalue weighted by atomic mass is 10.0. The van der Waals surface area contributed by atoms with Gasteiger partial charge in [-0.1, -0.05) is 389 Å². The molecule has 103 heavy (non-hydrogen) atoms. The topological polar surface area (TPSA) is 237 Å². The Morgan fingerprint density at radius 1 is 0.262 bits per heavy atom. The first-order valence-corrected chi connectivity index (χ1v) is 46.3. The molecule has 0 spiro atoms. The van der Waals surface area contributed by atoms with E-state index in [1.165, 1.54) is 244 Å². The van der Waals surface area contributed by atoms with Crippen molar-refractivity contribution in [2.75, 3.05) is 39.6 Å². The number of aliphatic hydroxyl groups is 1. The van der Waals surface area contributed by atoms with Crippen LogP contribution in [0.2, 0.25) is 0 Å². The molecular formula is C84H164O17P2. The Morgan fingerprint density at radius 2 is 0.447 bits per heavy atom. The van der Waals surface area contributed by atoms with Gasteiger partial charge in [0.1, 0.15) is 19.3 Å². The SMILES string of the molecule is CCCCCCCCCCCCCCCCCCCCCCCCC(=O)O[C@H](COC(=O)CCCCCCCCCCCCCCCC(C)C)COP(=O)(O)OC[C@@H](O)COP(=O)(O)OC[C@@H](COC(=O)CCCCCCCCC(C)C)OC(=O)CCCCCCCCCCCCCCCC(C)C. The number of carbonyl (C=O) groups excluding carboxylic acids is 4. The second-order valence-electron chi connectivity index (χ2n) is 31.6. The zero-order chi connectivity index (χ0) is 75.8. The molecule has 0 bridgehead atoms. The van der Waals surface area contributed by atoms with Crippen molar-refractivity contribution in [2.45, 2.75) is 458 Å². The molecule has 0 aromatic heterocycles. The molecule has 0 heterocycles. The number of hydrogen-bond donors (Lipinski definition) is 3. The number of rotatable bonds is 82. The fourth-order valence-corrected chi connectivity index (χ4v) is 14.6. The molecule has 0 aromatic carbocycles. The maximum absolute atomic E-state index is 13.1. The second kappa shape index (κ2) is 74.2. The van der Waals surface area contributed by atoms with Gasteiger partial charge in [-0.3, -0.25) is 37.3 Å². The van der Waals surface area contributed by atoms with Gasteiger partial charge in [-0.25, -0.2) is 9.13 Å². The summed E-state index contributed by atoms with van der Waals surface area (Å²) in [6.45, 7) is 11.9. The van der Waals surface area contributed by atoms with Crippen LogP contribution < -0.4 is 0 Å². The second-order valence-corrected chi connectivity index (χ2v) is 34.6. The van der Waals surface area contributed by atoms with Crippen molar-refractivity contribution in [3.05, 3.63) is 0 Å².